The van der Waals surface area contributed by atoms with Crippen LogP contribution in [0, 0.1) is 0 Å². The van der Waals surface area contributed by atoms with Gasteiger partial charge in [0.1, 0.15) is 5.60 Å². The van der Waals surface area contributed by atoms with Crippen molar-refractivity contribution >= 4 is 33.7 Å². The average molecular weight is 411 g/mol. The molecule has 0 fully saturated rings. The van der Waals surface area contributed by atoms with Gasteiger partial charge < -0.3 is 19.4 Å². The van der Waals surface area contributed by atoms with Gasteiger partial charge >= 0.3 is 6.09 Å². The van der Waals surface area contributed by atoms with Crippen LogP contribution in [0.2, 0.25) is 0 Å². The molecule has 3 rings (SSSR count). The quantitative estimate of drug-likeness (QED) is 0.790. The summed E-state index contributed by atoms with van der Waals surface area (Å²) in [6.07, 6.45) is 0.232. The lowest BCUT2D eigenvalue weighted by molar-refractivity contribution is 0.0224. The van der Waals surface area contributed by atoms with Gasteiger partial charge in [0.15, 0.2) is 16.2 Å². The number of nitrogens with zero attached hydrogens (tertiary/aromatic N) is 2. The highest BCUT2D eigenvalue weighted by Crippen LogP contribution is 2.26. The van der Waals surface area contributed by atoms with Crippen molar-refractivity contribution in [3.8, 4) is 0 Å². The van der Waals surface area contributed by atoms with Gasteiger partial charge in [-0.25, -0.2) is 4.79 Å². The normalized spacial score (nSPS) is 14.2. The van der Waals surface area contributed by atoms with Crippen LogP contribution in [-0.2, 0) is 17.7 Å². The van der Waals surface area contributed by atoms with Crippen molar-refractivity contribution in [1.82, 2.24) is 15.1 Å². The maximum absolute atomic E-state index is 12.3. The standard InChI is InChI=1S/C16H19BrN4O4/c1-16(2,3)25-15(23)21-7-6-10-9(8-21)13(20-19-10)18-14(22)11-4-5-12(17)24-11/h4-5H,6-8H2,1-3H3,(H2,18,19,20,22). The molecular formula is C16H19BrN4O4. The number of hydrogen-bond donors (Lipinski definition) is 2. The monoisotopic (exact) mass is 410 g/mol. The molecule has 1 aliphatic rings. The lowest BCUT2D eigenvalue weighted by atomic mass is 10.1. The number of aromatic amines is 1. The van der Waals surface area contributed by atoms with Gasteiger partial charge in [-0.1, -0.05) is 0 Å². The number of fused-ring (bicyclic) bond motifs is 1. The Kier molecular flexibility index (Phi) is 4.59. The first-order valence-corrected chi connectivity index (χ1v) is 8.63. The highest BCUT2D eigenvalue weighted by molar-refractivity contribution is 9.10. The first-order valence-electron chi connectivity index (χ1n) is 7.83. The third-order valence-corrected chi connectivity index (χ3v) is 4.04. The summed E-state index contributed by atoms with van der Waals surface area (Å²) in [7, 11) is 0. The molecule has 8 nitrogen and oxygen atoms in total. The first kappa shape index (κ1) is 17.5. The van der Waals surface area contributed by atoms with E-state index < -0.39 is 11.5 Å². The molecule has 2 N–H and O–H groups in total. The van der Waals surface area contributed by atoms with E-state index in [1.165, 1.54) is 0 Å². The van der Waals surface area contributed by atoms with E-state index >= 15 is 0 Å². The Labute approximate surface area is 153 Å². The van der Waals surface area contributed by atoms with Gasteiger partial charge in [-0.05, 0) is 48.8 Å². The van der Waals surface area contributed by atoms with Crippen LogP contribution >= 0.6 is 15.9 Å². The molecule has 0 saturated heterocycles. The lowest BCUT2D eigenvalue weighted by Crippen LogP contribution is -2.40. The zero-order valence-corrected chi connectivity index (χ0v) is 15.8. The second-order valence-electron chi connectivity index (χ2n) is 6.74. The maximum Gasteiger partial charge on any atom is 0.410 e. The van der Waals surface area contributed by atoms with Crippen LogP contribution in [0.1, 0.15) is 42.6 Å². The molecule has 25 heavy (non-hydrogen) atoms. The summed E-state index contributed by atoms with van der Waals surface area (Å²) < 4.78 is 11.1. The maximum atomic E-state index is 12.3. The Morgan fingerprint density at radius 3 is 2.80 bits per heavy atom. The third kappa shape index (κ3) is 4.04. The van der Waals surface area contributed by atoms with Crippen molar-refractivity contribution in [3.63, 3.8) is 0 Å². The number of carbonyl (C=O) groups excluding carboxylic acids is 2. The number of halogens is 1. The molecule has 9 heteroatoms. The second-order valence-corrected chi connectivity index (χ2v) is 7.52. The van der Waals surface area contributed by atoms with Crippen LogP contribution < -0.4 is 5.32 Å². The molecule has 2 aromatic heterocycles. The molecule has 0 radical (unpaired) electrons. The molecule has 0 aliphatic carbocycles. The van der Waals surface area contributed by atoms with E-state index in [0.717, 1.165) is 11.3 Å². The van der Waals surface area contributed by atoms with Gasteiger partial charge in [0, 0.05) is 24.2 Å². The summed E-state index contributed by atoms with van der Waals surface area (Å²) in [5.74, 6) is 0.151. The number of anilines is 1. The molecule has 3 heterocycles. The zero-order chi connectivity index (χ0) is 18.2. The number of carbonyl (C=O) groups is 2. The number of rotatable bonds is 2. The van der Waals surface area contributed by atoms with E-state index in [9.17, 15) is 9.59 Å². The fraction of sp³-hybridized carbons (Fsp3) is 0.438. The molecular weight excluding hydrogens is 392 g/mol. The van der Waals surface area contributed by atoms with E-state index in [4.69, 9.17) is 9.15 Å². The van der Waals surface area contributed by atoms with Crippen molar-refractivity contribution in [2.24, 2.45) is 0 Å². The molecule has 0 saturated carbocycles. The summed E-state index contributed by atoms with van der Waals surface area (Å²) in [4.78, 5) is 26.1. The van der Waals surface area contributed by atoms with Crippen molar-refractivity contribution in [3.05, 3.63) is 33.8 Å². The van der Waals surface area contributed by atoms with E-state index in [1.807, 2.05) is 20.8 Å². The van der Waals surface area contributed by atoms with Crippen LogP contribution in [-0.4, -0.2) is 39.2 Å². The van der Waals surface area contributed by atoms with Crippen LogP contribution in [0.25, 0.3) is 0 Å². The molecule has 1 aliphatic heterocycles. The molecule has 134 valence electrons. The Hall–Kier alpha value is -2.29. The van der Waals surface area contributed by atoms with Crippen LogP contribution in [0.3, 0.4) is 0 Å². The largest absolute Gasteiger partial charge is 0.444 e. The topological polar surface area (TPSA) is 100 Å². The average Bonchev–Trinajstić information content (AvgIpc) is 3.12. The third-order valence-electron chi connectivity index (χ3n) is 3.61. The van der Waals surface area contributed by atoms with E-state index in [2.05, 4.69) is 31.4 Å². The van der Waals surface area contributed by atoms with Crippen molar-refractivity contribution in [1.29, 1.82) is 0 Å². The van der Waals surface area contributed by atoms with Gasteiger partial charge in [0.05, 0.1) is 6.54 Å². The number of ether oxygens (including phenoxy) is 1. The summed E-state index contributed by atoms with van der Waals surface area (Å²) in [5, 5.41) is 9.77. The fourth-order valence-corrected chi connectivity index (χ4v) is 2.79. The highest BCUT2D eigenvalue weighted by Gasteiger charge is 2.29. The minimum Gasteiger partial charge on any atom is -0.444 e. The minimum absolute atomic E-state index is 0.170. The Balaban J connectivity index is 1.73. The number of amides is 2. The summed E-state index contributed by atoms with van der Waals surface area (Å²) in [5.41, 5.74) is 1.11. The smallest absolute Gasteiger partial charge is 0.410 e. The lowest BCUT2D eigenvalue weighted by Gasteiger charge is -2.30. The molecule has 0 spiro atoms. The van der Waals surface area contributed by atoms with E-state index in [1.54, 1.807) is 17.0 Å². The summed E-state index contributed by atoms with van der Waals surface area (Å²) in [6.45, 7) is 6.32. The SMILES string of the molecule is CC(C)(C)OC(=O)N1CCc2[nH]nc(NC(=O)c3ccc(Br)o3)c2C1. The number of furan rings is 1. The van der Waals surface area contributed by atoms with Gasteiger partial charge in [0.2, 0.25) is 0 Å². The summed E-state index contributed by atoms with van der Waals surface area (Å²) in [6, 6.07) is 3.20. The number of H-pyrrole nitrogens is 1. The Morgan fingerprint density at radius 2 is 2.16 bits per heavy atom. The van der Waals surface area contributed by atoms with Crippen LogP contribution in [0.4, 0.5) is 10.6 Å². The summed E-state index contributed by atoms with van der Waals surface area (Å²) >= 11 is 3.16. The van der Waals surface area contributed by atoms with Crippen molar-refractivity contribution in [2.75, 3.05) is 11.9 Å². The second kappa shape index (κ2) is 6.55. The van der Waals surface area contributed by atoms with Gasteiger partial charge in [-0.3, -0.25) is 9.89 Å². The highest BCUT2D eigenvalue weighted by atomic mass is 79.9. The molecule has 0 bridgehead atoms. The number of nitrogens with one attached hydrogen (secondary N) is 2. The van der Waals surface area contributed by atoms with Crippen LogP contribution in [0.15, 0.2) is 21.2 Å². The predicted octanol–water partition coefficient (Wildman–Crippen LogP) is 3.31. The molecule has 0 aromatic carbocycles. The molecule has 0 atom stereocenters. The number of aromatic nitrogens is 2. The Bertz CT molecular complexity index is 805. The van der Waals surface area contributed by atoms with E-state index in [-0.39, 0.29) is 11.9 Å². The minimum atomic E-state index is -0.558. The fourth-order valence-electron chi connectivity index (χ4n) is 2.49. The van der Waals surface area contributed by atoms with E-state index in [0.29, 0.717) is 30.0 Å². The van der Waals surface area contributed by atoms with Gasteiger partial charge in [-0.2, -0.15) is 5.10 Å². The Morgan fingerprint density at radius 1 is 1.40 bits per heavy atom. The van der Waals surface area contributed by atoms with Crippen LogP contribution in [0.5, 0.6) is 0 Å². The van der Waals surface area contributed by atoms with Crippen molar-refractivity contribution in [2.45, 2.75) is 39.3 Å². The molecule has 2 amide bonds. The molecule has 2 aromatic rings. The van der Waals surface area contributed by atoms with Gasteiger partial charge in [-0.15, -0.1) is 0 Å². The molecule has 0 unspecified atom stereocenters. The zero-order valence-electron chi connectivity index (χ0n) is 14.2. The first-order chi connectivity index (χ1) is 11.7. The predicted molar refractivity (Wildman–Crippen MR) is 93.3 cm³/mol. The van der Waals surface area contributed by atoms with Crippen molar-refractivity contribution < 1.29 is 18.7 Å². The van der Waals surface area contributed by atoms with Gasteiger partial charge in [0.25, 0.3) is 5.91 Å². The number of hydrogen-bond acceptors (Lipinski definition) is 5.